The molecule has 3 nitrogen and oxygen atoms in total. The maximum absolute atomic E-state index is 11.9. The van der Waals surface area contributed by atoms with E-state index in [1.807, 2.05) is 49.4 Å². The lowest BCUT2D eigenvalue weighted by molar-refractivity contribution is -0.121. The minimum absolute atomic E-state index is 0.00824. The van der Waals surface area contributed by atoms with Crippen LogP contribution < -0.4 is 0 Å². The molecule has 0 aliphatic heterocycles. The molecule has 0 aromatic heterocycles. The van der Waals surface area contributed by atoms with Gasteiger partial charge in [0.05, 0.1) is 17.7 Å². The lowest BCUT2D eigenvalue weighted by Gasteiger charge is -2.09. The van der Waals surface area contributed by atoms with Gasteiger partial charge >= 0.3 is 0 Å². The standard InChI is InChI=1S/C20H18N2O/c1-2-5-20(23)18(14-22)12-15-8-10-16(11-9-15)19-7-4-3-6-17(19)13-21/h3-4,6-11,18H,2,5,12H2,1H3. The molecule has 114 valence electrons. The van der Waals surface area contributed by atoms with Crippen LogP contribution in [0.15, 0.2) is 48.5 Å². The average Bonchev–Trinajstić information content (AvgIpc) is 2.60. The topological polar surface area (TPSA) is 64.7 Å². The van der Waals surface area contributed by atoms with Crippen LogP contribution in [-0.4, -0.2) is 5.78 Å². The number of nitrogens with zero attached hydrogens (tertiary/aromatic N) is 2. The van der Waals surface area contributed by atoms with Crippen molar-refractivity contribution >= 4 is 5.78 Å². The first-order chi connectivity index (χ1) is 11.2. The largest absolute Gasteiger partial charge is 0.298 e. The zero-order valence-electron chi connectivity index (χ0n) is 13.1. The second-order valence-corrected chi connectivity index (χ2v) is 5.46. The van der Waals surface area contributed by atoms with Gasteiger partial charge < -0.3 is 0 Å². The van der Waals surface area contributed by atoms with Gasteiger partial charge in [-0.1, -0.05) is 49.4 Å². The maximum atomic E-state index is 11.9. The van der Waals surface area contributed by atoms with E-state index in [4.69, 9.17) is 0 Å². The Labute approximate surface area is 136 Å². The van der Waals surface area contributed by atoms with Crippen molar-refractivity contribution in [3.05, 3.63) is 59.7 Å². The number of hydrogen-bond acceptors (Lipinski definition) is 3. The van der Waals surface area contributed by atoms with Crippen molar-refractivity contribution in [2.45, 2.75) is 26.2 Å². The first-order valence-corrected chi connectivity index (χ1v) is 7.70. The number of rotatable bonds is 6. The van der Waals surface area contributed by atoms with Gasteiger partial charge in [-0.25, -0.2) is 0 Å². The maximum Gasteiger partial charge on any atom is 0.150 e. The molecular formula is C20H18N2O. The van der Waals surface area contributed by atoms with Gasteiger partial charge in [0.1, 0.15) is 11.7 Å². The summed E-state index contributed by atoms with van der Waals surface area (Å²) < 4.78 is 0. The number of hydrogen-bond donors (Lipinski definition) is 0. The van der Waals surface area contributed by atoms with Crippen molar-refractivity contribution < 1.29 is 4.79 Å². The summed E-state index contributed by atoms with van der Waals surface area (Å²) in [6.07, 6.45) is 1.66. The van der Waals surface area contributed by atoms with Crippen LogP contribution >= 0.6 is 0 Å². The third-order valence-corrected chi connectivity index (χ3v) is 3.79. The summed E-state index contributed by atoms with van der Waals surface area (Å²) in [6.45, 7) is 1.94. The third kappa shape index (κ3) is 4.05. The number of benzene rings is 2. The van der Waals surface area contributed by atoms with Gasteiger partial charge in [-0.05, 0) is 35.6 Å². The predicted molar refractivity (Wildman–Crippen MR) is 89.3 cm³/mol. The predicted octanol–water partition coefficient (Wildman–Crippen LogP) is 4.28. The average molecular weight is 302 g/mol. The van der Waals surface area contributed by atoms with Crippen molar-refractivity contribution in [2.24, 2.45) is 5.92 Å². The monoisotopic (exact) mass is 302 g/mol. The summed E-state index contributed by atoms with van der Waals surface area (Å²) in [5.74, 6) is -0.568. The fraction of sp³-hybridized carbons (Fsp3) is 0.250. The molecule has 0 fully saturated rings. The molecular weight excluding hydrogens is 284 g/mol. The summed E-state index contributed by atoms with van der Waals surface area (Å²) >= 11 is 0. The molecule has 0 spiro atoms. The molecule has 0 saturated heterocycles. The minimum Gasteiger partial charge on any atom is -0.298 e. The summed E-state index contributed by atoms with van der Waals surface area (Å²) in [4.78, 5) is 11.9. The van der Waals surface area contributed by atoms with Crippen LogP contribution in [0.2, 0.25) is 0 Å². The number of carbonyl (C=O) groups is 1. The van der Waals surface area contributed by atoms with Crippen molar-refractivity contribution in [1.82, 2.24) is 0 Å². The van der Waals surface area contributed by atoms with E-state index in [1.165, 1.54) is 0 Å². The van der Waals surface area contributed by atoms with Crippen LogP contribution in [0.3, 0.4) is 0 Å². The molecule has 2 rings (SSSR count). The zero-order chi connectivity index (χ0) is 16.7. The smallest absolute Gasteiger partial charge is 0.150 e. The molecule has 23 heavy (non-hydrogen) atoms. The molecule has 0 saturated carbocycles. The molecule has 0 amide bonds. The SMILES string of the molecule is CCCC(=O)C(C#N)Cc1ccc(-c2ccccc2C#N)cc1. The fourth-order valence-electron chi connectivity index (χ4n) is 2.54. The molecule has 2 aromatic rings. The number of carbonyl (C=O) groups excluding carboxylic acids is 1. The normalized spacial score (nSPS) is 11.3. The van der Waals surface area contributed by atoms with Crippen molar-refractivity contribution in [3.63, 3.8) is 0 Å². The number of nitriles is 2. The van der Waals surface area contributed by atoms with Crippen molar-refractivity contribution in [3.8, 4) is 23.3 Å². The Morgan fingerprint density at radius 3 is 2.39 bits per heavy atom. The summed E-state index contributed by atoms with van der Waals surface area (Å²) in [5, 5.41) is 18.4. The Morgan fingerprint density at radius 1 is 1.09 bits per heavy atom. The lowest BCUT2D eigenvalue weighted by atomic mass is 9.92. The Bertz CT molecular complexity index is 763. The van der Waals surface area contributed by atoms with Crippen LogP contribution in [0.1, 0.15) is 30.9 Å². The highest BCUT2D eigenvalue weighted by Gasteiger charge is 2.17. The summed E-state index contributed by atoms with van der Waals surface area (Å²) in [7, 11) is 0. The first-order valence-electron chi connectivity index (χ1n) is 7.70. The van der Waals surface area contributed by atoms with E-state index in [0.717, 1.165) is 23.1 Å². The molecule has 1 atom stereocenters. The Morgan fingerprint density at radius 2 is 1.78 bits per heavy atom. The molecule has 0 N–H and O–H groups in total. The number of Topliss-reactive ketones (excluding diaryl/α,β-unsaturated/α-hetero) is 1. The van der Waals surface area contributed by atoms with E-state index in [1.54, 1.807) is 6.07 Å². The highest BCUT2D eigenvalue weighted by Crippen LogP contribution is 2.24. The summed E-state index contributed by atoms with van der Waals surface area (Å²) in [6, 6.07) is 19.5. The van der Waals surface area contributed by atoms with Gasteiger partial charge in [0.2, 0.25) is 0 Å². The van der Waals surface area contributed by atoms with Crippen molar-refractivity contribution in [1.29, 1.82) is 10.5 Å². The third-order valence-electron chi connectivity index (χ3n) is 3.79. The Hall–Kier alpha value is -2.91. The molecule has 1 unspecified atom stereocenters. The molecule has 2 aromatic carbocycles. The molecule has 0 aliphatic rings. The first kappa shape index (κ1) is 16.5. The van der Waals surface area contributed by atoms with E-state index >= 15 is 0 Å². The van der Waals surface area contributed by atoms with E-state index in [0.29, 0.717) is 18.4 Å². The van der Waals surface area contributed by atoms with Crippen LogP contribution in [0.4, 0.5) is 0 Å². The summed E-state index contributed by atoms with van der Waals surface area (Å²) in [5.41, 5.74) is 3.44. The number of ketones is 1. The quantitative estimate of drug-likeness (QED) is 0.800. The molecule has 3 heteroatoms. The van der Waals surface area contributed by atoms with Gasteiger partial charge in [-0.2, -0.15) is 10.5 Å². The second-order valence-electron chi connectivity index (χ2n) is 5.46. The van der Waals surface area contributed by atoms with Crippen LogP contribution in [0.5, 0.6) is 0 Å². The lowest BCUT2D eigenvalue weighted by Crippen LogP contribution is -2.14. The van der Waals surface area contributed by atoms with Crippen LogP contribution in [0.25, 0.3) is 11.1 Å². The van der Waals surface area contributed by atoms with E-state index in [-0.39, 0.29) is 5.78 Å². The highest BCUT2D eigenvalue weighted by atomic mass is 16.1. The second kappa shape index (κ2) is 7.92. The van der Waals surface area contributed by atoms with Gasteiger partial charge in [0.15, 0.2) is 0 Å². The minimum atomic E-state index is -0.577. The van der Waals surface area contributed by atoms with E-state index in [9.17, 15) is 15.3 Å². The highest BCUT2D eigenvalue weighted by molar-refractivity contribution is 5.83. The van der Waals surface area contributed by atoms with E-state index < -0.39 is 5.92 Å². The fourth-order valence-corrected chi connectivity index (χ4v) is 2.54. The zero-order valence-corrected chi connectivity index (χ0v) is 13.1. The van der Waals surface area contributed by atoms with E-state index in [2.05, 4.69) is 12.1 Å². The molecule has 0 bridgehead atoms. The molecule has 0 heterocycles. The van der Waals surface area contributed by atoms with Gasteiger partial charge in [0.25, 0.3) is 0 Å². The van der Waals surface area contributed by atoms with Gasteiger partial charge in [-0.15, -0.1) is 0 Å². The Balaban J connectivity index is 2.18. The molecule has 0 aliphatic carbocycles. The van der Waals surface area contributed by atoms with Gasteiger partial charge in [-0.3, -0.25) is 4.79 Å². The van der Waals surface area contributed by atoms with Crippen molar-refractivity contribution in [2.75, 3.05) is 0 Å². The Kier molecular flexibility index (Phi) is 5.67. The van der Waals surface area contributed by atoms with Gasteiger partial charge in [0, 0.05) is 6.42 Å². The van der Waals surface area contributed by atoms with Crippen LogP contribution in [-0.2, 0) is 11.2 Å². The molecule has 0 radical (unpaired) electrons. The van der Waals surface area contributed by atoms with Crippen LogP contribution in [0, 0.1) is 28.6 Å².